The van der Waals surface area contributed by atoms with Gasteiger partial charge in [-0.25, -0.2) is 4.98 Å². The molecule has 5 heteroatoms. The van der Waals surface area contributed by atoms with Gasteiger partial charge in [0.2, 0.25) is 5.91 Å². The lowest BCUT2D eigenvalue weighted by Crippen LogP contribution is -2.19. The van der Waals surface area contributed by atoms with E-state index in [-0.39, 0.29) is 12.5 Å². The zero-order valence-corrected chi connectivity index (χ0v) is 13.6. The molecule has 0 atom stereocenters. The van der Waals surface area contributed by atoms with E-state index in [1.807, 2.05) is 55.7 Å². The highest BCUT2D eigenvalue weighted by molar-refractivity contribution is 5.93. The number of fused-ring (bicyclic) bond motifs is 1. The Hall–Kier alpha value is -2.82. The van der Waals surface area contributed by atoms with Gasteiger partial charge in [-0.05, 0) is 56.2 Å². The van der Waals surface area contributed by atoms with Crippen molar-refractivity contribution in [2.45, 2.75) is 27.3 Å². The van der Waals surface area contributed by atoms with Crippen LogP contribution in [0.1, 0.15) is 17.0 Å². The van der Waals surface area contributed by atoms with Crippen molar-refractivity contribution in [3.63, 3.8) is 0 Å². The SMILES string of the molecule is Cc1cc(C)cc(NC(=O)Cn2c(C)nc3c(N)cccc32)c1. The number of anilines is 2. The molecule has 0 unspecified atom stereocenters. The zero-order chi connectivity index (χ0) is 16.6. The molecule has 0 aliphatic carbocycles. The summed E-state index contributed by atoms with van der Waals surface area (Å²) in [7, 11) is 0. The van der Waals surface area contributed by atoms with Crippen molar-refractivity contribution in [1.29, 1.82) is 0 Å². The van der Waals surface area contributed by atoms with E-state index in [0.717, 1.165) is 33.7 Å². The number of carbonyl (C=O) groups is 1. The first-order valence-electron chi connectivity index (χ1n) is 7.53. The number of aromatic nitrogens is 2. The number of nitrogens with zero attached hydrogens (tertiary/aromatic N) is 2. The number of aryl methyl sites for hydroxylation is 3. The summed E-state index contributed by atoms with van der Waals surface area (Å²) in [6, 6.07) is 11.6. The fraction of sp³-hybridized carbons (Fsp3) is 0.222. The minimum Gasteiger partial charge on any atom is -0.397 e. The van der Waals surface area contributed by atoms with Crippen LogP contribution < -0.4 is 11.1 Å². The van der Waals surface area contributed by atoms with Gasteiger partial charge in [-0.15, -0.1) is 0 Å². The number of carbonyl (C=O) groups excluding carboxylic acids is 1. The van der Waals surface area contributed by atoms with Gasteiger partial charge in [-0.1, -0.05) is 12.1 Å². The smallest absolute Gasteiger partial charge is 0.244 e. The molecular weight excluding hydrogens is 288 g/mol. The van der Waals surface area contributed by atoms with Crippen LogP contribution in [0.15, 0.2) is 36.4 Å². The average Bonchev–Trinajstić information content (AvgIpc) is 2.76. The van der Waals surface area contributed by atoms with Crippen LogP contribution in [0.4, 0.5) is 11.4 Å². The van der Waals surface area contributed by atoms with Gasteiger partial charge in [-0.3, -0.25) is 4.79 Å². The Kier molecular flexibility index (Phi) is 3.78. The number of hydrogen-bond donors (Lipinski definition) is 2. The predicted molar refractivity (Wildman–Crippen MR) is 93.4 cm³/mol. The van der Waals surface area contributed by atoms with Gasteiger partial charge < -0.3 is 15.6 Å². The molecule has 0 saturated carbocycles. The van der Waals surface area contributed by atoms with Gasteiger partial charge in [0.25, 0.3) is 0 Å². The second-order valence-corrected chi connectivity index (χ2v) is 5.88. The maximum atomic E-state index is 12.4. The highest BCUT2D eigenvalue weighted by Crippen LogP contribution is 2.21. The summed E-state index contributed by atoms with van der Waals surface area (Å²) in [6.07, 6.45) is 0. The maximum absolute atomic E-state index is 12.4. The maximum Gasteiger partial charge on any atom is 0.244 e. The minimum atomic E-state index is -0.0835. The van der Waals surface area contributed by atoms with Gasteiger partial charge in [0.15, 0.2) is 0 Å². The Morgan fingerprint density at radius 3 is 2.57 bits per heavy atom. The van der Waals surface area contributed by atoms with Gasteiger partial charge in [-0.2, -0.15) is 0 Å². The second kappa shape index (κ2) is 5.76. The summed E-state index contributed by atoms with van der Waals surface area (Å²) in [5.74, 6) is 0.688. The molecule has 0 radical (unpaired) electrons. The van der Waals surface area contributed by atoms with E-state index in [1.165, 1.54) is 0 Å². The second-order valence-electron chi connectivity index (χ2n) is 5.88. The summed E-state index contributed by atoms with van der Waals surface area (Å²) >= 11 is 0. The fourth-order valence-electron chi connectivity index (χ4n) is 2.88. The molecule has 118 valence electrons. The Bertz CT molecular complexity index is 875. The van der Waals surface area contributed by atoms with Crippen molar-refractivity contribution in [1.82, 2.24) is 9.55 Å². The normalized spacial score (nSPS) is 10.9. The highest BCUT2D eigenvalue weighted by atomic mass is 16.1. The van der Waals surface area contributed by atoms with Crippen molar-refractivity contribution in [2.24, 2.45) is 0 Å². The van der Waals surface area contributed by atoms with E-state index >= 15 is 0 Å². The summed E-state index contributed by atoms with van der Waals surface area (Å²) in [5, 5.41) is 2.95. The number of nitrogen functional groups attached to an aromatic ring is 1. The van der Waals surface area contributed by atoms with Crippen LogP contribution in [0.2, 0.25) is 0 Å². The van der Waals surface area contributed by atoms with E-state index in [9.17, 15) is 4.79 Å². The van der Waals surface area contributed by atoms with Gasteiger partial charge in [0.05, 0.1) is 11.2 Å². The third-order valence-corrected chi connectivity index (χ3v) is 3.81. The number of amides is 1. The molecule has 1 heterocycles. The molecule has 0 bridgehead atoms. The molecule has 5 nitrogen and oxygen atoms in total. The molecule has 0 saturated heterocycles. The number of rotatable bonds is 3. The Morgan fingerprint density at radius 2 is 1.87 bits per heavy atom. The summed E-state index contributed by atoms with van der Waals surface area (Å²) in [6.45, 7) is 6.11. The van der Waals surface area contributed by atoms with Crippen LogP contribution in [0, 0.1) is 20.8 Å². The molecule has 1 amide bonds. The highest BCUT2D eigenvalue weighted by Gasteiger charge is 2.12. The standard InChI is InChI=1S/C18H20N4O/c1-11-7-12(2)9-14(8-11)21-17(23)10-22-13(3)20-18-15(19)5-4-6-16(18)22/h4-9H,10,19H2,1-3H3,(H,21,23). The Morgan fingerprint density at radius 1 is 1.17 bits per heavy atom. The van der Waals surface area contributed by atoms with Crippen molar-refractivity contribution in [2.75, 3.05) is 11.1 Å². The third-order valence-electron chi connectivity index (χ3n) is 3.81. The minimum absolute atomic E-state index is 0.0835. The molecule has 0 aliphatic rings. The summed E-state index contributed by atoms with van der Waals surface area (Å²) in [4.78, 5) is 16.9. The quantitative estimate of drug-likeness (QED) is 0.730. The lowest BCUT2D eigenvalue weighted by molar-refractivity contribution is -0.116. The number of nitrogens with two attached hydrogens (primary N) is 1. The third kappa shape index (κ3) is 3.04. The van der Waals surface area contributed by atoms with Crippen LogP contribution in [-0.2, 0) is 11.3 Å². The predicted octanol–water partition coefficient (Wildman–Crippen LogP) is 3.18. The lowest BCUT2D eigenvalue weighted by atomic mass is 10.1. The van der Waals surface area contributed by atoms with E-state index in [0.29, 0.717) is 5.69 Å². The number of hydrogen-bond acceptors (Lipinski definition) is 3. The van der Waals surface area contributed by atoms with E-state index in [1.54, 1.807) is 0 Å². The molecule has 0 aliphatic heterocycles. The van der Waals surface area contributed by atoms with Crippen LogP contribution in [0.5, 0.6) is 0 Å². The van der Waals surface area contributed by atoms with E-state index in [2.05, 4.69) is 16.4 Å². The molecule has 3 N–H and O–H groups in total. The first kappa shape index (κ1) is 15.1. The molecule has 0 fully saturated rings. The summed E-state index contributed by atoms with van der Waals surface area (Å²) in [5.41, 5.74) is 11.2. The zero-order valence-electron chi connectivity index (χ0n) is 13.6. The van der Waals surface area contributed by atoms with Gasteiger partial charge in [0.1, 0.15) is 17.9 Å². The number of para-hydroxylation sites is 1. The van der Waals surface area contributed by atoms with Crippen molar-refractivity contribution < 1.29 is 4.79 Å². The van der Waals surface area contributed by atoms with Gasteiger partial charge >= 0.3 is 0 Å². The molecule has 23 heavy (non-hydrogen) atoms. The van der Waals surface area contributed by atoms with Crippen molar-refractivity contribution in [3.8, 4) is 0 Å². The largest absolute Gasteiger partial charge is 0.397 e. The number of imidazole rings is 1. The van der Waals surface area contributed by atoms with E-state index < -0.39 is 0 Å². The van der Waals surface area contributed by atoms with E-state index in [4.69, 9.17) is 5.73 Å². The van der Waals surface area contributed by atoms with Crippen LogP contribution in [0.3, 0.4) is 0 Å². The van der Waals surface area contributed by atoms with Crippen LogP contribution in [0.25, 0.3) is 11.0 Å². The molecular formula is C18H20N4O. The first-order valence-corrected chi connectivity index (χ1v) is 7.53. The molecule has 1 aromatic heterocycles. The van der Waals surface area contributed by atoms with Crippen molar-refractivity contribution >= 4 is 28.3 Å². The topological polar surface area (TPSA) is 72.9 Å². The monoisotopic (exact) mass is 308 g/mol. The number of nitrogens with one attached hydrogen (secondary N) is 1. The lowest BCUT2D eigenvalue weighted by Gasteiger charge is -2.10. The average molecular weight is 308 g/mol. The fourth-order valence-corrected chi connectivity index (χ4v) is 2.88. The molecule has 3 aromatic rings. The molecule has 3 rings (SSSR count). The summed E-state index contributed by atoms with van der Waals surface area (Å²) < 4.78 is 1.88. The number of benzene rings is 2. The van der Waals surface area contributed by atoms with Crippen LogP contribution >= 0.6 is 0 Å². The Labute approximate surface area is 135 Å². The Balaban J connectivity index is 1.86. The van der Waals surface area contributed by atoms with Gasteiger partial charge in [0, 0.05) is 5.69 Å². The van der Waals surface area contributed by atoms with Crippen molar-refractivity contribution in [3.05, 3.63) is 53.3 Å². The van der Waals surface area contributed by atoms with Crippen LogP contribution in [-0.4, -0.2) is 15.5 Å². The first-order chi connectivity index (χ1) is 10.9. The molecule has 0 spiro atoms. The molecule has 2 aromatic carbocycles.